The Hall–Kier alpha value is -0.570. The van der Waals surface area contributed by atoms with E-state index in [2.05, 4.69) is 19.2 Å². The van der Waals surface area contributed by atoms with Gasteiger partial charge in [0.05, 0.1) is 6.10 Å². The minimum Gasteiger partial charge on any atom is -0.379 e. The van der Waals surface area contributed by atoms with Gasteiger partial charge >= 0.3 is 0 Å². The van der Waals surface area contributed by atoms with Crippen LogP contribution in [-0.4, -0.2) is 25.2 Å². The van der Waals surface area contributed by atoms with E-state index in [1.165, 1.54) is 12.8 Å². The van der Waals surface area contributed by atoms with E-state index >= 15 is 0 Å². The number of hydrogen-bond donors (Lipinski definition) is 1. The zero-order valence-corrected chi connectivity index (χ0v) is 10.3. The molecule has 0 aliphatic carbocycles. The number of rotatable bonds is 9. The first-order valence-electron chi connectivity index (χ1n) is 6.05. The summed E-state index contributed by atoms with van der Waals surface area (Å²) >= 11 is 0. The highest BCUT2D eigenvalue weighted by Gasteiger charge is 1.96. The molecule has 0 bridgehead atoms. The Bertz CT molecular complexity index is 163. The molecule has 0 saturated heterocycles. The summed E-state index contributed by atoms with van der Waals surface area (Å²) in [4.78, 5) is 10.9. The molecule has 3 heteroatoms. The van der Waals surface area contributed by atoms with Crippen LogP contribution in [-0.2, 0) is 9.53 Å². The molecule has 0 rings (SSSR count). The van der Waals surface area contributed by atoms with E-state index in [1.807, 2.05) is 6.92 Å². The van der Waals surface area contributed by atoms with Crippen molar-refractivity contribution in [1.82, 2.24) is 5.32 Å². The van der Waals surface area contributed by atoms with Crippen molar-refractivity contribution in [3.63, 3.8) is 0 Å². The van der Waals surface area contributed by atoms with E-state index in [4.69, 9.17) is 4.74 Å². The first-order valence-corrected chi connectivity index (χ1v) is 6.05. The van der Waals surface area contributed by atoms with Crippen molar-refractivity contribution in [1.29, 1.82) is 0 Å². The van der Waals surface area contributed by atoms with Crippen molar-refractivity contribution in [3.05, 3.63) is 0 Å². The number of carbonyl (C=O) groups excluding carboxylic acids is 1. The van der Waals surface area contributed by atoms with Crippen LogP contribution in [0.1, 0.15) is 54.3 Å². The van der Waals surface area contributed by atoms with Crippen molar-refractivity contribution in [2.24, 2.45) is 0 Å². The summed E-state index contributed by atoms with van der Waals surface area (Å²) in [6.07, 6.45) is 5.49. The molecule has 0 atom stereocenters. The number of carbonyl (C=O) groups is 1. The highest BCUT2D eigenvalue weighted by atomic mass is 16.5. The minimum absolute atomic E-state index is 0. The minimum atomic E-state index is 0. The quantitative estimate of drug-likeness (QED) is 0.603. The molecule has 0 aliphatic rings. The largest absolute Gasteiger partial charge is 0.379 e. The van der Waals surface area contributed by atoms with Crippen LogP contribution in [0.2, 0.25) is 0 Å². The third-order valence-electron chi connectivity index (χ3n) is 2.17. The smallest absolute Gasteiger partial charge is 0.219 e. The fraction of sp³-hybridized carbons (Fsp3) is 0.917. The molecule has 0 radical (unpaired) electrons. The average Bonchev–Trinajstić information content (AvgIpc) is 2.21. The number of hydrogen-bond acceptors (Lipinski definition) is 2. The fourth-order valence-corrected chi connectivity index (χ4v) is 1.25. The Morgan fingerprint density at radius 2 is 1.93 bits per heavy atom. The van der Waals surface area contributed by atoms with Gasteiger partial charge in [-0.3, -0.25) is 4.79 Å². The number of unbranched alkanes of at least 4 members (excludes halogenated alkanes) is 3. The average molecular weight is 217 g/mol. The molecule has 0 aromatic carbocycles. The summed E-state index contributed by atoms with van der Waals surface area (Å²) in [6, 6.07) is 0. The molecule has 0 spiro atoms. The van der Waals surface area contributed by atoms with Crippen molar-refractivity contribution >= 4 is 5.91 Å². The second-order valence-electron chi connectivity index (χ2n) is 4.04. The Balaban J connectivity index is 0. The topological polar surface area (TPSA) is 38.3 Å². The predicted molar refractivity (Wildman–Crippen MR) is 65.0 cm³/mol. The molecular weight excluding hydrogens is 190 g/mol. The second kappa shape index (κ2) is 9.97. The molecule has 0 fully saturated rings. The van der Waals surface area contributed by atoms with E-state index in [1.54, 1.807) is 0 Å². The normalized spacial score (nSPS) is 10.7. The lowest BCUT2D eigenvalue weighted by atomic mass is 10.2. The monoisotopic (exact) mass is 217 g/mol. The molecule has 0 aromatic heterocycles. The van der Waals surface area contributed by atoms with Gasteiger partial charge in [0.1, 0.15) is 0 Å². The third-order valence-corrected chi connectivity index (χ3v) is 2.17. The lowest BCUT2D eigenvalue weighted by Gasteiger charge is -2.07. The SMILES string of the molecule is CCC(=O)NCCCCCCOC(C)C.[HH]. The summed E-state index contributed by atoms with van der Waals surface area (Å²) < 4.78 is 5.43. The maximum absolute atomic E-state index is 10.9. The fourth-order valence-electron chi connectivity index (χ4n) is 1.25. The van der Waals surface area contributed by atoms with Crippen LogP contribution in [0, 0.1) is 0 Å². The Morgan fingerprint density at radius 1 is 1.27 bits per heavy atom. The molecule has 1 amide bonds. The molecule has 0 aliphatic heterocycles. The van der Waals surface area contributed by atoms with Gasteiger partial charge in [0.15, 0.2) is 0 Å². The Morgan fingerprint density at radius 3 is 2.53 bits per heavy atom. The lowest BCUT2D eigenvalue weighted by molar-refractivity contribution is -0.120. The summed E-state index contributed by atoms with van der Waals surface area (Å²) in [7, 11) is 0. The van der Waals surface area contributed by atoms with E-state index < -0.39 is 0 Å². The lowest BCUT2D eigenvalue weighted by Crippen LogP contribution is -2.23. The van der Waals surface area contributed by atoms with Crippen LogP contribution >= 0.6 is 0 Å². The summed E-state index contributed by atoms with van der Waals surface area (Å²) in [5, 5.41) is 2.87. The number of amides is 1. The van der Waals surface area contributed by atoms with Crippen molar-refractivity contribution < 1.29 is 11.0 Å². The van der Waals surface area contributed by atoms with Gasteiger partial charge in [0.2, 0.25) is 5.91 Å². The summed E-state index contributed by atoms with van der Waals surface area (Å²) in [5.74, 6) is 0.151. The Labute approximate surface area is 95.1 Å². The molecule has 15 heavy (non-hydrogen) atoms. The molecule has 0 heterocycles. The second-order valence-corrected chi connectivity index (χ2v) is 4.04. The molecule has 0 unspecified atom stereocenters. The molecule has 3 nitrogen and oxygen atoms in total. The van der Waals surface area contributed by atoms with Gasteiger partial charge in [0.25, 0.3) is 0 Å². The van der Waals surface area contributed by atoms with Crippen LogP contribution in [0.15, 0.2) is 0 Å². The zero-order chi connectivity index (χ0) is 11.5. The highest BCUT2D eigenvalue weighted by Crippen LogP contribution is 2.00. The van der Waals surface area contributed by atoms with Crippen LogP contribution in [0.3, 0.4) is 0 Å². The van der Waals surface area contributed by atoms with Crippen molar-refractivity contribution in [2.45, 2.75) is 59.0 Å². The first-order chi connectivity index (χ1) is 7.16. The molecule has 92 valence electrons. The van der Waals surface area contributed by atoms with Crippen molar-refractivity contribution in [3.8, 4) is 0 Å². The van der Waals surface area contributed by atoms with Crippen LogP contribution in [0.5, 0.6) is 0 Å². The van der Waals surface area contributed by atoms with Crippen molar-refractivity contribution in [2.75, 3.05) is 13.2 Å². The third kappa shape index (κ3) is 11.4. The van der Waals surface area contributed by atoms with E-state index in [-0.39, 0.29) is 7.33 Å². The number of ether oxygens (including phenoxy) is 1. The summed E-state index contributed by atoms with van der Waals surface area (Å²) in [6.45, 7) is 7.66. The highest BCUT2D eigenvalue weighted by molar-refractivity contribution is 5.75. The van der Waals surface area contributed by atoms with Gasteiger partial charge in [-0.2, -0.15) is 0 Å². The van der Waals surface area contributed by atoms with Gasteiger partial charge in [-0.25, -0.2) is 0 Å². The first kappa shape index (κ1) is 14.4. The molecule has 0 saturated carbocycles. The van der Waals surface area contributed by atoms with Gasteiger partial charge in [-0.05, 0) is 26.7 Å². The standard InChI is InChI=1S/C12H25NO2.H2/c1-4-12(14)13-9-7-5-6-8-10-15-11(2)3;/h11H,4-10H2,1-3H3,(H,13,14);1H. The van der Waals surface area contributed by atoms with Crippen LogP contribution in [0.25, 0.3) is 0 Å². The zero-order valence-electron chi connectivity index (χ0n) is 10.3. The molecule has 0 aromatic rings. The summed E-state index contributed by atoms with van der Waals surface area (Å²) in [5.41, 5.74) is 0. The van der Waals surface area contributed by atoms with E-state index in [0.717, 1.165) is 26.0 Å². The number of nitrogens with one attached hydrogen (secondary N) is 1. The van der Waals surface area contributed by atoms with Gasteiger partial charge in [-0.1, -0.05) is 19.8 Å². The van der Waals surface area contributed by atoms with E-state index in [0.29, 0.717) is 12.5 Å². The maximum atomic E-state index is 10.9. The van der Waals surface area contributed by atoms with E-state index in [9.17, 15) is 4.79 Å². The maximum Gasteiger partial charge on any atom is 0.219 e. The van der Waals surface area contributed by atoms with Crippen LogP contribution in [0.4, 0.5) is 0 Å². The Kier molecular flexibility index (Phi) is 9.59. The van der Waals surface area contributed by atoms with Crippen LogP contribution < -0.4 is 5.32 Å². The molecular formula is C12H27NO2. The van der Waals surface area contributed by atoms with Gasteiger partial charge in [0, 0.05) is 21.0 Å². The molecule has 1 N–H and O–H groups in total. The van der Waals surface area contributed by atoms with Gasteiger partial charge in [-0.15, -0.1) is 0 Å². The van der Waals surface area contributed by atoms with Gasteiger partial charge < -0.3 is 10.1 Å². The predicted octanol–water partition coefficient (Wildman–Crippen LogP) is 2.74.